The van der Waals surface area contributed by atoms with Gasteiger partial charge in [0.25, 0.3) is 0 Å². The van der Waals surface area contributed by atoms with Crippen LogP contribution in [-0.2, 0) is 6.54 Å². The minimum atomic E-state index is 0.639. The highest BCUT2D eigenvalue weighted by Crippen LogP contribution is 2.04. The minimum Gasteiger partial charge on any atom is -0.355 e. The summed E-state index contributed by atoms with van der Waals surface area (Å²) in [6, 6.07) is 8.31. The van der Waals surface area contributed by atoms with Crippen LogP contribution in [0.1, 0.15) is 30.9 Å². The number of hydrogen-bond donors (Lipinski definition) is 3. The molecule has 0 heterocycles. The van der Waals surface area contributed by atoms with E-state index in [1.165, 1.54) is 11.1 Å². The lowest BCUT2D eigenvalue weighted by molar-refractivity contribution is 0.732. The van der Waals surface area contributed by atoms with Crippen LogP contribution in [0, 0.1) is 6.92 Å². The highest BCUT2D eigenvalue weighted by atomic mass is 15.3. The Morgan fingerprint density at radius 1 is 1.41 bits per heavy atom. The van der Waals surface area contributed by atoms with Crippen LogP contribution < -0.4 is 16.6 Å². The lowest BCUT2D eigenvalue weighted by atomic mass is 10.1. The molecule has 0 spiro atoms. The lowest BCUT2D eigenvalue weighted by Crippen LogP contribution is -2.41. The maximum atomic E-state index is 5.41. The average Bonchev–Trinajstić information content (AvgIpc) is 2.34. The zero-order chi connectivity index (χ0) is 12.5. The molecule has 1 aromatic rings. The normalized spacial score (nSPS) is 11.4. The monoisotopic (exact) mass is 234 g/mol. The molecule has 94 valence electrons. The number of unbranched alkanes of at least 4 members (excludes halogenated alkanes) is 1. The van der Waals surface area contributed by atoms with Crippen molar-refractivity contribution in [2.45, 2.75) is 33.2 Å². The molecule has 1 aromatic carbocycles. The highest BCUT2D eigenvalue weighted by molar-refractivity contribution is 5.79. The fourth-order valence-corrected chi connectivity index (χ4v) is 1.52. The van der Waals surface area contributed by atoms with Gasteiger partial charge in [-0.2, -0.15) is 0 Å². The van der Waals surface area contributed by atoms with E-state index in [-0.39, 0.29) is 0 Å². The first-order valence-corrected chi connectivity index (χ1v) is 6.06. The van der Waals surface area contributed by atoms with Crippen molar-refractivity contribution in [3.63, 3.8) is 0 Å². The number of nitrogens with one attached hydrogen (secondary N) is 2. The molecule has 0 fully saturated rings. The van der Waals surface area contributed by atoms with Gasteiger partial charge in [0.05, 0.1) is 6.54 Å². The molecule has 0 saturated heterocycles. The van der Waals surface area contributed by atoms with Gasteiger partial charge in [-0.05, 0) is 18.9 Å². The number of benzene rings is 1. The van der Waals surface area contributed by atoms with Gasteiger partial charge in [0, 0.05) is 6.54 Å². The van der Waals surface area contributed by atoms with E-state index in [0.29, 0.717) is 12.5 Å². The van der Waals surface area contributed by atoms with E-state index >= 15 is 0 Å². The molecule has 4 heteroatoms. The Balaban J connectivity index is 2.49. The minimum absolute atomic E-state index is 0.639. The zero-order valence-corrected chi connectivity index (χ0v) is 10.7. The van der Waals surface area contributed by atoms with Crippen LogP contribution in [0.5, 0.6) is 0 Å². The number of hydrogen-bond acceptors (Lipinski definition) is 2. The molecule has 0 unspecified atom stereocenters. The van der Waals surface area contributed by atoms with Gasteiger partial charge >= 0.3 is 0 Å². The van der Waals surface area contributed by atoms with Crippen LogP contribution >= 0.6 is 0 Å². The molecule has 0 saturated carbocycles. The Bertz CT molecular complexity index is 360. The molecule has 0 atom stereocenters. The number of aryl methyl sites for hydroxylation is 1. The largest absolute Gasteiger partial charge is 0.355 e. The number of aliphatic imine (C=N–C) groups is 1. The van der Waals surface area contributed by atoms with E-state index in [9.17, 15) is 0 Å². The summed E-state index contributed by atoms with van der Waals surface area (Å²) in [5.41, 5.74) is 5.02. The molecular formula is C13H22N4. The molecule has 0 aliphatic carbocycles. The molecule has 17 heavy (non-hydrogen) atoms. The summed E-state index contributed by atoms with van der Waals surface area (Å²) in [6.45, 7) is 5.77. The smallest absolute Gasteiger partial charge is 0.206 e. The highest BCUT2D eigenvalue weighted by Gasteiger charge is 1.96. The zero-order valence-electron chi connectivity index (χ0n) is 10.7. The molecule has 4 nitrogen and oxygen atoms in total. The maximum Gasteiger partial charge on any atom is 0.206 e. The summed E-state index contributed by atoms with van der Waals surface area (Å²) in [4.78, 5) is 4.39. The van der Waals surface area contributed by atoms with Crippen molar-refractivity contribution in [2.75, 3.05) is 6.54 Å². The van der Waals surface area contributed by atoms with E-state index in [0.717, 1.165) is 19.4 Å². The predicted octanol–water partition coefficient (Wildman–Crippen LogP) is 1.70. The summed E-state index contributed by atoms with van der Waals surface area (Å²) >= 11 is 0. The van der Waals surface area contributed by atoms with Crippen molar-refractivity contribution in [1.82, 2.24) is 10.7 Å². The summed E-state index contributed by atoms with van der Waals surface area (Å²) in [5, 5.41) is 3.17. The van der Waals surface area contributed by atoms with Gasteiger partial charge in [-0.15, -0.1) is 0 Å². The summed E-state index contributed by atoms with van der Waals surface area (Å²) in [5.74, 6) is 6.06. The summed E-state index contributed by atoms with van der Waals surface area (Å²) in [7, 11) is 0. The van der Waals surface area contributed by atoms with Crippen LogP contribution in [0.15, 0.2) is 29.3 Å². The number of nitrogens with two attached hydrogens (primary N) is 1. The van der Waals surface area contributed by atoms with E-state index in [2.05, 4.69) is 47.8 Å². The van der Waals surface area contributed by atoms with Crippen molar-refractivity contribution in [3.8, 4) is 0 Å². The van der Waals surface area contributed by atoms with Crippen LogP contribution in [0.2, 0.25) is 0 Å². The fourth-order valence-electron chi connectivity index (χ4n) is 1.52. The molecular weight excluding hydrogens is 212 g/mol. The van der Waals surface area contributed by atoms with Gasteiger partial charge in [-0.3, -0.25) is 5.43 Å². The quantitative estimate of drug-likeness (QED) is 0.239. The third kappa shape index (κ3) is 5.36. The third-order valence-electron chi connectivity index (χ3n) is 2.46. The van der Waals surface area contributed by atoms with Gasteiger partial charge in [0.15, 0.2) is 0 Å². The first kappa shape index (κ1) is 13.5. The number of guanidine groups is 1. The second kappa shape index (κ2) is 7.68. The van der Waals surface area contributed by atoms with Crippen molar-refractivity contribution in [2.24, 2.45) is 10.8 Å². The molecule has 4 N–H and O–H groups in total. The van der Waals surface area contributed by atoms with E-state index in [1.54, 1.807) is 0 Å². The van der Waals surface area contributed by atoms with Gasteiger partial charge in [-0.1, -0.05) is 43.2 Å². The SMILES string of the molecule is CCCCNC(=NCc1cccc(C)c1)NN. The first-order valence-electron chi connectivity index (χ1n) is 6.06. The first-order chi connectivity index (χ1) is 8.26. The van der Waals surface area contributed by atoms with Crippen molar-refractivity contribution in [3.05, 3.63) is 35.4 Å². The molecule has 0 aliphatic heterocycles. The van der Waals surface area contributed by atoms with Gasteiger partial charge in [0.1, 0.15) is 0 Å². The third-order valence-corrected chi connectivity index (χ3v) is 2.46. The topological polar surface area (TPSA) is 62.4 Å². The molecule has 0 amide bonds. The molecule has 0 aliphatic rings. The molecule has 1 rings (SSSR count). The summed E-state index contributed by atoms with van der Waals surface area (Å²) in [6.07, 6.45) is 2.27. The van der Waals surface area contributed by atoms with Crippen molar-refractivity contribution < 1.29 is 0 Å². The Morgan fingerprint density at radius 2 is 2.24 bits per heavy atom. The predicted molar refractivity (Wildman–Crippen MR) is 72.6 cm³/mol. The lowest BCUT2D eigenvalue weighted by Gasteiger charge is -2.08. The number of hydrazine groups is 1. The Labute approximate surface area is 103 Å². The van der Waals surface area contributed by atoms with Crippen molar-refractivity contribution in [1.29, 1.82) is 0 Å². The number of nitrogens with zero attached hydrogens (tertiary/aromatic N) is 1. The molecule has 0 aromatic heterocycles. The van der Waals surface area contributed by atoms with Crippen LogP contribution in [0.4, 0.5) is 0 Å². The van der Waals surface area contributed by atoms with Gasteiger partial charge in [0.2, 0.25) is 5.96 Å². The maximum absolute atomic E-state index is 5.41. The summed E-state index contributed by atoms with van der Waals surface area (Å²) < 4.78 is 0. The van der Waals surface area contributed by atoms with Crippen molar-refractivity contribution >= 4 is 5.96 Å². The second-order valence-electron chi connectivity index (χ2n) is 4.08. The van der Waals surface area contributed by atoms with Crippen LogP contribution in [-0.4, -0.2) is 12.5 Å². The average molecular weight is 234 g/mol. The van der Waals surface area contributed by atoms with E-state index in [4.69, 9.17) is 5.84 Å². The van der Waals surface area contributed by atoms with Gasteiger partial charge < -0.3 is 5.32 Å². The Morgan fingerprint density at radius 3 is 2.88 bits per heavy atom. The van der Waals surface area contributed by atoms with Gasteiger partial charge in [-0.25, -0.2) is 10.8 Å². The Kier molecular flexibility index (Phi) is 6.10. The Hall–Kier alpha value is -1.55. The number of rotatable bonds is 5. The second-order valence-corrected chi connectivity index (χ2v) is 4.08. The van der Waals surface area contributed by atoms with E-state index in [1.807, 2.05) is 6.07 Å². The molecule has 0 bridgehead atoms. The van der Waals surface area contributed by atoms with E-state index < -0.39 is 0 Å². The van der Waals surface area contributed by atoms with Crippen LogP contribution in [0.3, 0.4) is 0 Å². The van der Waals surface area contributed by atoms with Crippen LogP contribution in [0.25, 0.3) is 0 Å². The standard InChI is InChI=1S/C13H22N4/c1-3-4-8-15-13(17-14)16-10-12-7-5-6-11(2)9-12/h5-7,9H,3-4,8,10,14H2,1-2H3,(H2,15,16,17). The fraction of sp³-hybridized carbons (Fsp3) is 0.462. The molecule has 0 radical (unpaired) electrons.